The Hall–Kier alpha value is -2.55. The number of aryl methyl sites for hydroxylation is 1. The highest BCUT2D eigenvalue weighted by atomic mass is 16.5. The van der Waals surface area contributed by atoms with Gasteiger partial charge < -0.3 is 9.52 Å². The minimum atomic E-state index is -0.101. The normalized spacial score (nSPS) is 10.8. The quantitative estimate of drug-likeness (QED) is 0.731. The summed E-state index contributed by atoms with van der Waals surface area (Å²) < 4.78 is 5.32. The number of hydrogen-bond donors (Lipinski definition) is 1. The molecule has 3 aromatic rings. The van der Waals surface area contributed by atoms with Crippen molar-refractivity contribution in [1.29, 1.82) is 0 Å². The van der Waals surface area contributed by atoms with Gasteiger partial charge in [0.1, 0.15) is 5.58 Å². The van der Waals surface area contributed by atoms with Crippen LogP contribution in [0.5, 0.6) is 5.95 Å². The molecule has 0 saturated heterocycles. The van der Waals surface area contributed by atoms with Gasteiger partial charge in [0.2, 0.25) is 0 Å². The van der Waals surface area contributed by atoms with Gasteiger partial charge in [-0.15, -0.1) is 0 Å². The molecule has 0 aliphatic carbocycles. The van der Waals surface area contributed by atoms with Crippen molar-refractivity contribution in [3.63, 3.8) is 0 Å². The largest absolute Gasteiger partial charge is 0.480 e. The van der Waals surface area contributed by atoms with Gasteiger partial charge in [-0.05, 0) is 12.5 Å². The van der Waals surface area contributed by atoms with Crippen LogP contribution in [0, 0.1) is 0 Å². The Balaban J connectivity index is 2.24. The van der Waals surface area contributed by atoms with E-state index in [-0.39, 0.29) is 11.7 Å². The van der Waals surface area contributed by atoms with Gasteiger partial charge in [-0.1, -0.05) is 49.4 Å². The molecule has 20 heavy (non-hydrogen) atoms. The molecule has 0 saturated carbocycles. The topological polar surface area (TPSA) is 50.4 Å². The summed E-state index contributed by atoms with van der Waals surface area (Å²) in [4.78, 5) is 12.6. The van der Waals surface area contributed by atoms with Crippen molar-refractivity contribution in [2.24, 2.45) is 0 Å². The molecule has 3 heteroatoms. The standard InChI is InChI=1S/C17H14O3/c1-2-12-15-13(9-6-10-14(15)20-17(12)19)16(18)11-7-4-3-5-8-11/h3-10,19H,2H2,1H3. The molecule has 0 bridgehead atoms. The van der Waals surface area contributed by atoms with E-state index < -0.39 is 0 Å². The fraction of sp³-hybridized carbons (Fsp3) is 0.118. The fourth-order valence-corrected chi connectivity index (χ4v) is 2.46. The zero-order valence-corrected chi connectivity index (χ0v) is 11.1. The summed E-state index contributed by atoms with van der Waals surface area (Å²) in [5.41, 5.74) is 2.42. The number of aromatic hydroxyl groups is 1. The Morgan fingerprint density at radius 3 is 2.55 bits per heavy atom. The SMILES string of the molecule is CCc1c(O)oc2cccc(C(=O)c3ccccc3)c12. The summed E-state index contributed by atoms with van der Waals surface area (Å²) >= 11 is 0. The van der Waals surface area contributed by atoms with E-state index in [1.165, 1.54) is 0 Å². The van der Waals surface area contributed by atoms with Crippen LogP contribution in [0.25, 0.3) is 11.0 Å². The zero-order chi connectivity index (χ0) is 14.1. The number of rotatable bonds is 3. The Labute approximate surface area is 116 Å². The first-order chi connectivity index (χ1) is 9.72. The van der Waals surface area contributed by atoms with Gasteiger partial charge in [-0.3, -0.25) is 4.79 Å². The predicted octanol–water partition coefficient (Wildman–Crippen LogP) is 3.93. The Bertz CT molecular complexity index is 770. The average molecular weight is 266 g/mol. The second-order valence-corrected chi connectivity index (χ2v) is 4.61. The van der Waals surface area contributed by atoms with Crippen molar-refractivity contribution in [2.45, 2.75) is 13.3 Å². The van der Waals surface area contributed by atoms with Crippen LogP contribution in [0.15, 0.2) is 52.9 Å². The maximum Gasteiger partial charge on any atom is 0.286 e. The number of carbonyl (C=O) groups is 1. The molecule has 0 amide bonds. The van der Waals surface area contributed by atoms with E-state index in [1.54, 1.807) is 30.3 Å². The lowest BCUT2D eigenvalue weighted by atomic mass is 9.97. The lowest BCUT2D eigenvalue weighted by molar-refractivity contribution is 0.104. The van der Waals surface area contributed by atoms with Crippen LogP contribution in [-0.4, -0.2) is 10.9 Å². The van der Waals surface area contributed by atoms with Crippen molar-refractivity contribution in [3.05, 3.63) is 65.2 Å². The van der Waals surface area contributed by atoms with Crippen LogP contribution in [0.4, 0.5) is 0 Å². The predicted molar refractivity (Wildman–Crippen MR) is 77.1 cm³/mol. The monoisotopic (exact) mass is 266 g/mol. The third-order valence-corrected chi connectivity index (χ3v) is 3.43. The second kappa shape index (κ2) is 4.85. The maximum atomic E-state index is 12.6. The highest BCUT2D eigenvalue weighted by molar-refractivity contribution is 6.16. The second-order valence-electron chi connectivity index (χ2n) is 4.61. The van der Waals surface area contributed by atoms with E-state index in [4.69, 9.17) is 4.42 Å². The highest BCUT2D eigenvalue weighted by Gasteiger charge is 2.19. The summed E-state index contributed by atoms with van der Waals surface area (Å²) in [7, 11) is 0. The van der Waals surface area contributed by atoms with Gasteiger partial charge in [0.15, 0.2) is 5.78 Å². The van der Waals surface area contributed by atoms with Crippen molar-refractivity contribution in [1.82, 2.24) is 0 Å². The number of ketones is 1. The van der Waals surface area contributed by atoms with E-state index in [9.17, 15) is 9.90 Å². The first-order valence-corrected chi connectivity index (χ1v) is 6.55. The molecule has 1 aromatic heterocycles. The average Bonchev–Trinajstić information content (AvgIpc) is 2.82. The van der Waals surface area contributed by atoms with E-state index >= 15 is 0 Å². The lowest BCUT2D eigenvalue weighted by Crippen LogP contribution is -2.02. The number of hydrogen-bond acceptors (Lipinski definition) is 3. The van der Waals surface area contributed by atoms with E-state index in [0.29, 0.717) is 34.1 Å². The third-order valence-electron chi connectivity index (χ3n) is 3.43. The molecular formula is C17H14O3. The lowest BCUT2D eigenvalue weighted by Gasteiger charge is -2.03. The summed E-state index contributed by atoms with van der Waals surface area (Å²) in [6, 6.07) is 14.4. The van der Waals surface area contributed by atoms with Crippen LogP contribution < -0.4 is 0 Å². The summed E-state index contributed by atoms with van der Waals surface area (Å²) in [6.45, 7) is 1.92. The molecule has 0 fully saturated rings. The first-order valence-electron chi connectivity index (χ1n) is 6.55. The zero-order valence-electron chi connectivity index (χ0n) is 11.1. The summed E-state index contributed by atoms with van der Waals surface area (Å²) in [5, 5.41) is 10.5. The maximum absolute atomic E-state index is 12.6. The molecule has 100 valence electrons. The van der Waals surface area contributed by atoms with E-state index in [2.05, 4.69) is 0 Å². The third kappa shape index (κ3) is 1.88. The van der Waals surface area contributed by atoms with Crippen molar-refractivity contribution in [3.8, 4) is 5.95 Å². The molecule has 3 rings (SSSR count). The molecule has 0 radical (unpaired) electrons. The molecule has 1 N–H and O–H groups in total. The Morgan fingerprint density at radius 1 is 1.10 bits per heavy atom. The fourth-order valence-electron chi connectivity index (χ4n) is 2.46. The molecule has 2 aromatic carbocycles. The van der Waals surface area contributed by atoms with Crippen LogP contribution in [-0.2, 0) is 6.42 Å². The van der Waals surface area contributed by atoms with Crippen LogP contribution in [0.3, 0.4) is 0 Å². The molecule has 0 unspecified atom stereocenters. The van der Waals surface area contributed by atoms with Gasteiger partial charge in [0, 0.05) is 22.1 Å². The van der Waals surface area contributed by atoms with Gasteiger partial charge in [-0.2, -0.15) is 0 Å². The number of carbonyl (C=O) groups excluding carboxylic acids is 1. The van der Waals surface area contributed by atoms with Crippen LogP contribution >= 0.6 is 0 Å². The van der Waals surface area contributed by atoms with E-state index in [1.807, 2.05) is 25.1 Å². The minimum Gasteiger partial charge on any atom is -0.480 e. The number of furan rings is 1. The van der Waals surface area contributed by atoms with Gasteiger partial charge in [0.25, 0.3) is 5.95 Å². The molecule has 0 aliphatic rings. The minimum absolute atomic E-state index is 0.0632. The first kappa shape index (κ1) is 12.5. The summed E-state index contributed by atoms with van der Waals surface area (Å²) in [5.74, 6) is -0.164. The van der Waals surface area contributed by atoms with Crippen molar-refractivity contribution >= 4 is 16.8 Å². The van der Waals surface area contributed by atoms with Crippen molar-refractivity contribution in [2.75, 3.05) is 0 Å². The Kier molecular flexibility index (Phi) is 3.03. The molecule has 1 heterocycles. The molecule has 0 aliphatic heterocycles. The Morgan fingerprint density at radius 2 is 1.85 bits per heavy atom. The van der Waals surface area contributed by atoms with Gasteiger partial charge in [0.05, 0.1) is 0 Å². The van der Waals surface area contributed by atoms with E-state index in [0.717, 1.165) is 0 Å². The van der Waals surface area contributed by atoms with Gasteiger partial charge >= 0.3 is 0 Å². The molecule has 3 nitrogen and oxygen atoms in total. The van der Waals surface area contributed by atoms with Gasteiger partial charge in [-0.25, -0.2) is 0 Å². The molecule has 0 spiro atoms. The summed E-state index contributed by atoms with van der Waals surface area (Å²) in [6.07, 6.45) is 0.609. The molecular weight excluding hydrogens is 252 g/mol. The number of benzene rings is 2. The van der Waals surface area contributed by atoms with Crippen LogP contribution in [0.2, 0.25) is 0 Å². The number of fused-ring (bicyclic) bond motifs is 1. The smallest absolute Gasteiger partial charge is 0.286 e. The highest BCUT2D eigenvalue weighted by Crippen LogP contribution is 2.34. The van der Waals surface area contributed by atoms with Crippen molar-refractivity contribution < 1.29 is 14.3 Å². The van der Waals surface area contributed by atoms with Crippen LogP contribution in [0.1, 0.15) is 28.4 Å². The molecule has 0 atom stereocenters.